The SMILES string of the molecule is COC(=O)C1=C(Nc2c(C)cc(C)cc2S(N)(=O)=O)C(=O)N(CCO)C1. The van der Waals surface area contributed by atoms with Crippen molar-refractivity contribution in [3.63, 3.8) is 0 Å². The molecule has 1 aliphatic rings. The maximum absolute atomic E-state index is 12.6. The second-order valence-corrected chi connectivity index (χ2v) is 7.45. The Bertz CT molecular complexity index is 891. The van der Waals surface area contributed by atoms with Crippen molar-refractivity contribution in [1.82, 2.24) is 4.90 Å². The molecule has 0 saturated carbocycles. The zero-order valence-electron chi connectivity index (χ0n) is 14.7. The summed E-state index contributed by atoms with van der Waals surface area (Å²) in [7, 11) is -2.89. The zero-order valence-corrected chi connectivity index (χ0v) is 15.5. The lowest BCUT2D eigenvalue weighted by molar-refractivity contribution is -0.136. The number of nitrogens with one attached hydrogen (secondary N) is 1. The van der Waals surface area contributed by atoms with Crippen LogP contribution in [0.1, 0.15) is 11.1 Å². The molecule has 1 heterocycles. The lowest BCUT2D eigenvalue weighted by atomic mass is 10.1. The van der Waals surface area contributed by atoms with Crippen molar-refractivity contribution < 1.29 is 27.9 Å². The van der Waals surface area contributed by atoms with Gasteiger partial charge < -0.3 is 20.1 Å². The number of methoxy groups -OCH3 is 1. The van der Waals surface area contributed by atoms with E-state index in [1.165, 1.54) is 18.1 Å². The summed E-state index contributed by atoms with van der Waals surface area (Å²) in [6, 6.07) is 3.11. The number of hydrogen-bond acceptors (Lipinski definition) is 7. The fourth-order valence-corrected chi connectivity index (χ4v) is 3.63. The van der Waals surface area contributed by atoms with Crippen LogP contribution in [0.25, 0.3) is 0 Å². The number of anilines is 1. The molecule has 0 fully saturated rings. The number of benzene rings is 1. The smallest absolute Gasteiger partial charge is 0.337 e. The molecule has 0 atom stereocenters. The van der Waals surface area contributed by atoms with Crippen LogP contribution in [0.4, 0.5) is 5.69 Å². The number of esters is 1. The average Bonchev–Trinajstić information content (AvgIpc) is 2.85. The number of amides is 1. The van der Waals surface area contributed by atoms with E-state index in [-0.39, 0.29) is 41.5 Å². The normalized spacial score (nSPS) is 14.8. The van der Waals surface area contributed by atoms with Gasteiger partial charge in [-0.3, -0.25) is 4.79 Å². The van der Waals surface area contributed by atoms with Gasteiger partial charge in [-0.15, -0.1) is 0 Å². The van der Waals surface area contributed by atoms with Gasteiger partial charge in [0.25, 0.3) is 5.91 Å². The average molecular weight is 383 g/mol. The third-order valence-electron chi connectivity index (χ3n) is 3.95. The van der Waals surface area contributed by atoms with E-state index in [1.807, 2.05) is 0 Å². The van der Waals surface area contributed by atoms with Gasteiger partial charge in [-0.1, -0.05) is 6.07 Å². The first kappa shape index (κ1) is 19.9. The van der Waals surface area contributed by atoms with E-state index in [2.05, 4.69) is 5.32 Å². The summed E-state index contributed by atoms with van der Waals surface area (Å²) in [5.74, 6) is -1.26. The van der Waals surface area contributed by atoms with E-state index in [1.54, 1.807) is 19.9 Å². The summed E-state index contributed by atoms with van der Waals surface area (Å²) >= 11 is 0. The predicted octanol–water partition coefficient (Wildman–Crippen LogP) is -0.376. The van der Waals surface area contributed by atoms with Crippen molar-refractivity contribution in [2.75, 3.05) is 32.1 Å². The molecule has 0 saturated heterocycles. The number of hydrogen-bond donors (Lipinski definition) is 3. The largest absolute Gasteiger partial charge is 0.466 e. The summed E-state index contributed by atoms with van der Waals surface area (Å²) in [6.07, 6.45) is 0. The number of nitrogens with two attached hydrogens (primary N) is 1. The minimum atomic E-state index is -4.07. The van der Waals surface area contributed by atoms with Crippen LogP contribution in [0.3, 0.4) is 0 Å². The summed E-state index contributed by atoms with van der Waals surface area (Å²) in [5, 5.41) is 17.1. The Labute approximate surface area is 151 Å². The Kier molecular flexibility index (Phi) is 5.69. The molecule has 4 N–H and O–H groups in total. The molecule has 0 aliphatic carbocycles. The van der Waals surface area contributed by atoms with Crippen molar-refractivity contribution in [2.24, 2.45) is 5.14 Å². The number of primary sulfonamides is 1. The third kappa shape index (κ3) is 3.87. The molecule has 0 unspecified atom stereocenters. The van der Waals surface area contributed by atoms with Gasteiger partial charge in [-0.05, 0) is 31.0 Å². The van der Waals surface area contributed by atoms with E-state index in [0.717, 1.165) is 0 Å². The number of carbonyl (C=O) groups is 2. The maximum atomic E-state index is 12.6. The molecule has 0 bridgehead atoms. The van der Waals surface area contributed by atoms with Gasteiger partial charge >= 0.3 is 5.97 Å². The summed E-state index contributed by atoms with van der Waals surface area (Å²) in [6.45, 7) is 3.07. The van der Waals surface area contributed by atoms with Crippen LogP contribution in [0.2, 0.25) is 0 Å². The first-order chi connectivity index (χ1) is 12.1. The Morgan fingerprint density at radius 3 is 2.58 bits per heavy atom. The van der Waals surface area contributed by atoms with E-state index in [0.29, 0.717) is 11.1 Å². The van der Waals surface area contributed by atoms with Crippen LogP contribution in [0, 0.1) is 13.8 Å². The quantitative estimate of drug-likeness (QED) is 0.569. The van der Waals surface area contributed by atoms with Gasteiger partial charge in [-0.25, -0.2) is 18.4 Å². The van der Waals surface area contributed by atoms with Crippen molar-refractivity contribution in [3.05, 3.63) is 34.5 Å². The lowest BCUT2D eigenvalue weighted by Crippen LogP contribution is -2.31. The molecule has 10 heteroatoms. The maximum Gasteiger partial charge on any atom is 0.337 e. The van der Waals surface area contributed by atoms with E-state index in [9.17, 15) is 18.0 Å². The standard InChI is InChI=1S/C16H21N3O6S/c1-9-6-10(2)13(12(7-9)26(17,23)24)18-14-11(16(22)25-3)8-19(4-5-20)15(14)21/h6-7,18,20H,4-5,8H2,1-3H3,(H2,17,23,24). The Morgan fingerprint density at radius 2 is 2.04 bits per heavy atom. The molecule has 0 radical (unpaired) electrons. The number of ether oxygens (including phenoxy) is 1. The molecule has 26 heavy (non-hydrogen) atoms. The van der Waals surface area contributed by atoms with Crippen LogP contribution in [-0.4, -0.2) is 57.1 Å². The Hall–Kier alpha value is -2.43. The highest BCUT2D eigenvalue weighted by atomic mass is 32.2. The molecule has 1 amide bonds. The number of β-amino-alcohol motifs (C(OH)–C–C–N with tert-alkyl or cyclic N) is 1. The van der Waals surface area contributed by atoms with Gasteiger partial charge in [0.05, 0.1) is 31.5 Å². The second-order valence-electron chi connectivity index (χ2n) is 5.92. The van der Waals surface area contributed by atoms with Crippen LogP contribution in [-0.2, 0) is 24.3 Å². The molecule has 0 spiro atoms. The number of rotatable bonds is 6. The van der Waals surface area contributed by atoms with Crippen LogP contribution < -0.4 is 10.5 Å². The first-order valence-electron chi connectivity index (χ1n) is 7.72. The van der Waals surface area contributed by atoms with E-state index >= 15 is 0 Å². The number of sulfonamides is 1. The number of carbonyl (C=O) groups excluding carboxylic acids is 2. The Morgan fingerprint density at radius 1 is 1.38 bits per heavy atom. The predicted molar refractivity (Wildman–Crippen MR) is 93.6 cm³/mol. The summed E-state index contributed by atoms with van der Waals surface area (Å²) in [5.41, 5.74) is 1.29. The molecule has 1 aromatic carbocycles. The second kappa shape index (κ2) is 7.44. The van der Waals surface area contributed by atoms with Gasteiger partial charge in [0.1, 0.15) is 10.6 Å². The lowest BCUT2D eigenvalue weighted by Gasteiger charge is -2.17. The van der Waals surface area contributed by atoms with Crippen LogP contribution >= 0.6 is 0 Å². The summed E-state index contributed by atoms with van der Waals surface area (Å²) in [4.78, 5) is 25.7. The molecular formula is C16H21N3O6S. The molecule has 1 aliphatic heterocycles. The molecule has 142 valence electrons. The third-order valence-corrected chi connectivity index (χ3v) is 4.89. The Balaban J connectivity index is 2.58. The van der Waals surface area contributed by atoms with Gasteiger partial charge in [0, 0.05) is 6.54 Å². The summed E-state index contributed by atoms with van der Waals surface area (Å²) < 4.78 is 28.6. The van der Waals surface area contributed by atoms with E-state index in [4.69, 9.17) is 15.0 Å². The highest BCUT2D eigenvalue weighted by Crippen LogP contribution is 2.30. The molecular weight excluding hydrogens is 362 g/mol. The first-order valence-corrected chi connectivity index (χ1v) is 9.27. The number of aliphatic hydroxyl groups is 1. The monoisotopic (exact) mass is 383 g/mol. The fraction of sp³-hybridized carbons (Fsp3) is 0.375. The van der Waals surface area contributed by atoms with E-state index < -0.39 is 21.9 Å². The van der Waals surface area contributed by atoms with Crippen molar-refractivity contribution >= 4 is 27.6 Å². The minimum Gasteiger partial charge on any atom is -0.466 e. The van der Waals surface area contributed by atoms with Crippen LogP contribution in [0.5, 0.6) is 0 Å². The van der Waals surface area contributed by atoms with Crippen molar-refractivity contribution in [3.8, 4) is 0 Å². The minimum absolute atomic E-state index is 0.0272. The molecule has 2 rings (SSSR count). The molecule has 9 nitrogen and oxygen atoms in total. The number of nitrogens with zero attached hydrogens (tertiary/aromatic N) is 1. The van der Waals surface area contributed by atoms with Gasteiger partial charge in [0.2, 0.25) is 10.0 Å². The van der Waals surface area contributed by atoms with Crippen molar-refractivity contribution in [1.29, 1.82) is 0 Å². The highest BCUT2D eigenvalue weighted by Gasteiger charge is 2.35. The van der Waals surface area contributed by atoms with Crippen molar-refractivity contribution in [2.45, 2.75) is 18.7 Å². The van der Waals surface area contributed by atoms with Gasteiger partial charge in [0.15, 0.2) is 0 Å². The van der Waals surface area contributed by atoms with Crippen LogP contribution in [0.15, 0.2) is 28.3 Å². The zero-order chi connectivity index (χ0) is 19.6. The molecule has 0 aromatic heterocycles. The number of aryl methyl sites for hydroxylation is 2. The highest BCUT2D eigenvalue weighted by molar-refractivity contribution is 7.89. The topological polar surface area (TPSA) is 139 Å². The van der Waals surface area contributed by atoms with Gasteiger partial charge in [-0.2, -0.15) is 0 Å². The fourth-order valence-electron chi connectivity index (χ4n) is 2.79. The number of aliphatic hydroxyl groups excluding tert-OH is 1. The molecule has 1 aromatic rings.